The van der Waals surface area contributed by atoms with Crippen molar-refractivity contribution in [3.05, 3.63) is 46.0 Å². The van der Waals surface area contributed by atoms with Crippen molar-refractivity contribution in [2.24, 2.45) is 0 Å². The van der Waals surface area contributed by atoms with Gasteiger partial charge in [-0.05, 0) is 6.92 Å². The summed E-state index contributed by atoms with van der Waals surface area (Å²) in [5.74, 6) is 0. The summed E-state index contributed by atoms with van der Waals surface area (Å²) >= 11 is 0. The molecule has 0 aliphatic rings. The summed E-state index contributed by atoms with van der Waals surface area (Å²) < 4.78 is 0. The van der Waals surface area contributed by atoms with E-state index in [0.29, 0.717) is 0 Å². The van der Waals surface area contributed by atoms with E-state index in [4.69, 9.17) is 10.1 Å². The largest absolute Gasteiger partial charge is 0.267 e. The lowest BCUT2D eigenvalue weighted by molar-refractivity contribution is -0.398. The maximum absolute atomic E-state index is 8.12. The Morgan fingerprint density at radius 3 is 1.90 bits per heavy atom. The second-order valence-corrected chi connectivity index (χ2v) is 1.74. The van der Waals surface area contributed by atoms with Gasteiger partial charge in [0.2, 0.25) is 0 Å². The summed E-state index contributed by atoms with van der Waals surface area (Å²) in [7, 11) is 0. The number of rotatable bonds is 0. The standard InChI is InChI=1S/C7H8.HNO2/c1-7-5-3-2-4-6-7;2-1-3/h2-6H,1H3;1H. The number of hydrogen-bond acceptors (Lipinski definition) is 2. The van der Waals surface area contributed by atoms with Crippen molar-refractivity contribution in [3.63, 3.8) is 0 Å². The fraction of sp³-hybridized carbons (Fsp3) is 0.143. The summed E-state index contributed by atoms with van der Waals surface area (Å²) in [5, 5.41) is 8.38. The number of nitrogens with one attached hydrogen (secondary N) is 1. The molecule has 0 aliphatic heterocycles. The molecule has 10 heavy (non-hydrogen) atoms. The Labute approximate surface area is 59.2 Å². The van der Waals surface area contributed by atoms with Crippen LogP contribution in [-0.4, -0.2) is 0 Å². The first kappa shape index (κ1) is 8.62. The Hall–Kier alpha value is -1.38. The molecular weight excluding hydrogens is 130 g/mol. The van der Waals surface area contributed by atoms with Gasteiger partial charge in [-0.1, -0.05) is 35.9 Å². The number of benzene rings is 1. The smallest absolute Gasteiger partial charge is 0.00366 e. The van der Waals surface area contributed by atoms with Gasteiger partial charge in [0.15, 0.2) is 0 Å². The van der Waals surface area contributed by atoms with Crippen molar-refractivity contribution in [3.8, 4) is 0 Å². The molecule has 0 aromatic heterocycles. The second kappa shape index (κ2) is 5.75. The summed E-state index contributed by atoms with van der Waals surface area (Å²) in [6, 6.07) is 10.3. The summed E-state index contributed by atoms with van der Waals surface area (Å²) in [6.45, 7) is 2.08. The third kappa shape index (κ3) is 4.77. The van der Waals surface area contributed by atoms with Gasteiger partial charge in [-0.15, -0.1) is 0 Å². The van der Waals surface area contributed by atoms with Crippen molar-refractivity contribution < 1.29 is 5.34 Å². The van der Waals surface area contributed by atoms with Gasteiger partial charge in [0.05, 0.1) is 0 Å². The van der Waals surface area contributed by atoms with Crippen LogP contribution in [0.25, 0.3) is 0 Å². The van der Waals surface area contributed by atoms with Crippen LogP contribution < -0.4 is 5.34 Å². The predicted molar refractivity (Wildman–Crippen MR) is 38.9 cm³/mol. The molecule has 3 nitrogen and oxygen atoms in total. The second-order valence-electron chi connectivity index (χ2n) is 1.74. The van der Waals surface area contributed by atoms with Crippen LogP contribution in [0.15, 0.2) is 30.3 Å². The summed E-state index contributed by atoms with van der Waals surface area (Å²) in [5.41, 5.74) is 1.32. The van der Waals surface area contributed by atoms with Crippen LogP contribution in [0, 0.1) is 17.0 Å². The maximum atomic E-state index is 8.12. The van der Waals surface area contributed by atoms with E-state index in [0.717, 1.165) is 0 Å². The molecule has 0 saturated carbocycles. The maximum Gasteiger partial charge on any atom is 0.00366 e. The topological polar surface area (TPSA) is 54.1 Å². The molecular formula is C7H9NO2. The molecule has 1 aromatic rings. The molecule has 1 N–H and O–H groups in total. The highest BCUT2D eigenvalue weighted by atomic mass is 16.6. The van der Waals surface area contributed by atoms with Crippen LogP contribution in [0.3, 0.4) is 0 Å². The fourth-order valence-corrected chi connectivity index (χ4v) is 0.534. The molecule has 0 fully saturated rings. The average molecular weight is 139 g/mol. The molecule has 3 heteroatoms. The van der Waals surface area contributed by atoms with Crippen molar-refractivity contribution in [1.29, 1.82) is 0 Å². The van der Waals surface area contributed by atoms with Crippen molar-refractivity contribution in [1.82, 2.24) is 0 Å². The average Bonchev–Trinajstić information content (AvgIpc) is 1.91. The molecule has 54 valence electrons. The predicted octanol–water partition coefficient (Wildman–Crippen LogP) is 0.326. The van der Waals surface area contributed by atoms with E-state index in [-0.39, 0.29) is 5.34 Å². The molecule has 0 saturated heterocycles. The van der Waals surface area contributed by atoms with E-state index in [2.05, 4.69) is 19.1 Å². The molecule has 0 atom stereocenters. The van der Waals surface area contributed by atoms with E-state index in [1.165, 1.54) is 5.56 Å². The fourth-order valence-electron chi connectivity index (χ4n) is 0.534. The van der Waals surface area contributed by atoms with Gasteiger partial charge in [-0.2, -0.15) is 0 Å². The van der Waals surface area contributed by atoms with Crippen molar-refractivity contribution in [2.45, 2.75) is 6.92 Å². The minimum atomic E-state index is 0.250. The molecule has 1 aromatic carbocycles. The van der Waals surface area contributed by atoms with Crippen molar-refractivity contribution in [2.75, 3.05) is 0 Å². The van der Waals surface area contributed by atoms with Crippen LogP contribution in [0.2, 0.25) is 0 Å². The van der Waals surface area contributed by atoms with Crippen LogP contribution in [0.5, 0.6) is 0 Å². The molecule has 0 heterocycles. The first-order valence-electron chi connectivity index (χ1n) is 2.82. The van der Waals surface area contributed by atoms with Crippen molar-refractivity contribution >= 4 is 0 Å². The third-order valence-electron chi connectivity index (χ3n) is 0.940. The number of aryl methyl sites for hydroxylation is 1. The van der Waals surface area contributed by atoms with E-state index in [1.807, 2.05) is 18.2 Å². The van der Waals surface area contributed by atoms with Gasteiger partial charge in [-0.3, -0.25) is 10.1 Å². The molecule has 0 aliphatic carbocycles. The van der Waals surface area contributed by atoms with Crippen LogP contribution >= 0.6 is 0 Å². The molecule has 0 bridgehead atoms. The molecule has 0 spiro atoms. The normalized spacial score (nSPS) is 7.30. The molecule has 0 unspecified atom stereocenters. The van der Waals surface area contributed by atoms with Gasteiger partial charge >= 0.3 is 0 Å². The monoisotopic (exact) mass is 139 g/mol. The minimum absolute atomic E-state index is 0.250. The van der Waals surface area contributed by atoms with E-state index in [1.54, 1.807) is 0 Å². The number of hydrogen-bond donors (Lipinski definition) is 1. The van der Waals surface area contributed by atoms with Gasteiger partial charge < -0.3 is 0 Å². The van der Waals surface area contributed by atoms with E-state index < -0.39 is 0 Å². The highest BCUT2D eigenvalue weighted by molar-refractivity contribution is 5.11. The van der Waals surface area contributed by atoms with Gasteiger partial charge in [0, 0.05) is 5.34 Å². The van der Waals surface area contributed by atoms with E-state index in [9.17, 15) is 0 Å². The summed E-state index contributed by atoms with van der Waals surface area (Å²) in [4.78, 5) is 8.12. The lowest BCUT2D eigenvalue weighted by Crippen LogP contribution is -2.53. The Kier molecular flexibility index (Phi) is 4.96. The first-order valence-corrected chi connectivity index (χ1v) is 2.82. The highest BCUT2D eigenvalue weighted by Crippen LogP contribution is 1.92. The Morgan fingerprint density at radius 2 is 1.70 bits per heavy atom. The van der Waals surface area contributed by atoms with E-state index >= 15 is 0 Å². The summed E-state index contributed by atoms with van der Waals surface area (Å²) in [6.07, 6.45) is 0. The zero-order valence-corrected chi connectivity index (χ0v) is 5.70. The zero-order valence-electron chi connectivity index (χ0n) is 5.70. The van der Waals surface area contributed by atoms with Crippen LogP contribution in [0.1, 0.15) is 5.56 Å². The highest BCUT2D eigenvalue weighted by Gasteiger charge is 1.72. The van der Waals surface area contributed by atoms with Gasteiger partial charge in [0.1, 0.15) is 0 Å². The Balaban J connectivity index is 0.000000236. The first-order chi connectivity index (χ1) is 4.81. The quantitative estimate of drug-likeness (QED) is 0.416. The Morgan fingerprint density at radius 1 is 1.30 bits per heavy atom. The van der Waals surface area contributed by atoms with Gasteiger partial charge in [0.25, 0.3) is 0 Å². The van der Waals surface area contributed by atoms with Gasteiger partial charge in [-0.25, -0.2) is 0 Å². The Bertz CT molecular complexity index is 174. The SMILES string of the molecule is Cc1ccccc1.O=[NH+][O-]. The lowest BCUT2D eigenvalue weighted by atomic mass is 10.2. The molecule has 0 amide bonds. The molecule has 0 radical (unpaired) electrons. The minimum Gasteiger partial charge on any atom is -0.267 e. The van der Waals surface area contributed by atoms with Crippen LogP contribution in [0.4, 0.5) is 0 Å². The zero-order chi connectivity index (χ0) is 7.82. The lowest BCUT2D eigenvalue weighted by Gasteiger charge is -1.82. The third-order valence-corrected chi connectivity index (χ3v) is 0.940. The van der Waals surface area contributed by atoms with Crippen LogP contribution in [-0.2, 0) is 0 Å². The molecule has 1 rings (SSSR count).